The molecular weight excluding hydrogens is 264 g/mol. The summed E-state index contributed by atoms with van der Waals surface area (Å²) in [6.07, 6.45) is 3.94. The van der Waals surface area contributed by atoms with Gasteiger partial charge in [-0.15, -0.1) is 0 Å². The molecule has 1 saturated carbocycles. The molecule has 0 heterocycles. The molecule has 0 aromatic heterocycles. The van der Waals surface area contributed by atoms with Crippen LogP contribution in [0, 0.1) is 0 Å². The highest BCUT2D eigenvalue weighted by Gasteiger charge is 2.42. The summed E-state index contributed by atoms with van der Waals surface area (Å²) in [7, 11) is 0. The second-order valence-electron chi connectivity index (χ2n) is 5.89. The monoisotopic (exact) mass is 290 g/mol. The topological polar surface area (TPSA) is 64.3 Å². The molecule has 2 rings (SSSR count). The number of nitrogens with two attached hydrogens (primary N) is 1. The first kappa shape index (κ1) is 16.0. The fraction of sp³-hybridized carbons (Fsp3) is 0.588. The van der Waals surface area contributed by atoms with E-state index in [4.69, 9.17) is 10.5 Å². The van der Waals surface area contributed by atoms with Crippen LogP contribution in [0.5, 0.6) is 0 Å². The van der Waals surface area contributed by atoms with Crippen molar-refractivity contribution in [1.29, 1.82) is 0 Å². The van der Waals surface area contributed by atoms with Gasteiger partial charge in [0, 0.05) is 19.1 Å². The fourth-order valence-corrected chi connectivity index (χ4v) is 2.47. The zero-order chi connectivity index (χ0) is 15.3. The van der Waals surface area contributed by atoms with Gasteiger partial charge in [-0.25, -0.2) is 0 Å². The van der Waals surface area contributed by atoms with Gasteiger partial charge >= 0.3 is 0 Å². The van der Waals surface area contributed by atoms with E-state index >= 15 is 0 Å². The number of benzene rings is 1. The third-order valence-corrected chi connectivity index (χ3v) is 4.17. The van der Waals surface area contributed by atoms with Gasteiger partial charge in [0.05, 0.1) is 6.10 Å². The van der Waals surface area contributed by atoms with Gasteiger partial charge < -0.3 is 10.5 Å². The lowest BCUT2D eigenvalue weighted by Gasteiger charge is -2.33. The SMILES string of the molecule is CCC(C)OCCC(NC1CC1)(C(N)=O)c1ccccc1. The van der Waals surface area contributed by atoms with Crippen molar-refractivity contribution >= 4 is 5.91 Å². The van der Waals surface area contributed by atoms with E-state index < -0.39 is 5.54 Å². The van der Waals surface area contributed by atoms with Gasteiger partial charge in [-0.05, 0) is 31.7 Å². The van der Waals surface area contributed by atoms with Crippen molar-refractivity contribution in [3.63, 3.8) is 0 Å². The van der Waals surface area contributed by atoms with Gasteiger partial charge in [0.15, 0.2) is 0 Å². The second kappa shape index (κ2) is 7.05. The molecule has 3 N–H and O–H groups in total. The van der Waals surface area contributed by atoms with Crippen molar-refractivity contribution < 1.29 is 9.53 Å². The Bertz CT molecular complexity index is 459. The summed E-state index contributed by atoms with van der Waals surface area (Å²) in [5.74, 6) is -0.326. The normalized spacial score (nSPS) is 19.0. The van der Waals surface area contributed by atoms with Crippen LogP contribution in [0.15, 0.2) is 30.3 Å². The maximum absolute atomic E-state index is 12.2. The predicted molar refractivity (Wildman–Crippen MR) is 83.8 cm³/mol. The highest BCUT2D eigenvalue weighted by Crippen LogP contribution is 2.31. The molecule has 1 aromatic carbocycles. The van der Waals surface area contributed by atoms with Crippen LogP contribution in [0.2, 0.25) is 0 Å². The molecule has 0 spiro atoms. The van der Waals surface area contributed by atoms with Crippen molar-refractivity contribution in [3.05, 3.63) is 35.9 Å². The van der Waals surface area contributed by atoms with Gasteiger partial charge in [0.1, 0.15) is 5.54 Å². The van der Waals surface area contributed by atoms with Crippen molar-refractivity contribution in [1.82, 2.24) is 5.32 Å². The Kier molecular flexibility index (Phi) is 5.37. The Labute approximate surface area is 127 Å². The fourth-order valence-electron chi connectivity index (χ4n) is 2.47. The Morgan fingerprint density at radius 2 is 2.10 bits per heavy atom. The zero-order valence-corrected chi connectivity index (χ0v) is 13.0. The number of primary amides is 1. The first-order valence-electron chi connectivity index (χ1n) is 7.83. The van der Waals surface area contributed by atoms with Gasteiger partial charge in [-0.1, -0.05) is 37.3 Å². The molecule has 1 aliphatic carbocycles. The first-order valence-corrected chi connectivity index (χ1v) is 7.83. The van der Waals surface area contributed by atoms with Crippen LogP contribution in [-0.2, 0) is 15.1 Å². The number of rotatable bonds is 9. The molecular formula is C17H26N2O2. The maximum atomic E-state index is 12.2. The lowest BCUT2D eigenvalue weighted by atomic mass is 9.85. The van der Waals surface area contributed by atoms with Crippen LogP contribution in [0.3, 0.4) is 0 Å². The number of amides is 1. The minimum Gasteiger partial charge on any atom is -0.378 e. The molecule has 4 heteroatoms. The third-order valence-electron chi connectivity index (χ3n) is 4.17. The Balaban J connectivity index is 2.17. The van der Waals surface area contributed by atoms with Gasteiger partial charge in [-0.3, -0.25) is 10.1 Å². The number of carbonyl (C=O) groups is 1. The summed E-state index contributed by atoms with van der Waals surface area (Å²) in [5.41, 5.74) is 5.88. The van der Waals surface area contributed by atoms with Gasteiger partial charge in [0.25, 0.3) is 0 Å². The van der Waals surface area contributed by atoms with Crippen molar-refractivity contribution in [2.75, 3.05) is 6.61 Å². The predicted octanol–water partition coefficient (Wildman–Crippen LogP) is 2.32. The summed E-state index contributed by atoms with van der Waals surface area (Å²) >= 11 is 0. The minimum atomic E-state index is -0.824. The molecule has 0 radical (unpaired) electrons. The smallest absolute Gasteiger partial charge is 0.242 e. The molecule has 4 nitrogen and oxygen atoms in total. The Morgan fingerprint density at radius 1 is 1.43 bits per heavy atom. The first-order chi connectivity index (χ1) is 10.1. The second-order valence-corrected chi connectivity index (χ2v) is 5.89. The molecule has 0 bridgehead atoms. The van der Waals surface area contributed by atoms with Crippen LogP contribution in [0.25, 0.3) is 0 Å². The Hall–Kier alpha value is -1.39. The summed E-state index contributed by atoms with van der Waals surface area (Å²) in [6, 6.07) is 10.1. The van der Waals surface area contributed by atoms with Crippen LogP contribution in [0.1, 0.15) is 45.1 Å². The van der Waals surface area contributed by atoms with E-state index in [9.17, 15) is 4.79 Å². The molecule has 1 fully saturated rings. The molecule has 1 aliphatic rings. The van der Waals surface area contributed by atoms with Crippen molar-refractivity contribution in [2.24, 2.45) is 5.73 Å². The van der Waals surface area contributed by atoms with Gasteiger partial charge in [-0.2, -0.15) is 0 Å². The Morgan fingerprint density at radius 3 is 2.62 bits per heavy atom. The highest BCUT2D eigenvalue weighted by molar-refractivity contribution is 5.86. The molecule has 1 amide bonds. The molecule has 21 heavy (non-hydrogen) atoms. The number of hydrogen-bond acceptors (Lipinski definition) is 3. The maximum Gasteiger partial charge on any atom is 0.242 e. The van der Waals surface area contributed by atoms with Crippen LogP contribution < -0.4 is 11.1 Å². The van der Waals surface area contributed by atoms with Crippen LogP contribution in [0.4, 0.5) is 0 Å². The van der Waals surface area contributed by atoms with E-state index in [2.05, 4.69) is 12.2 Å². The molecule has 2 atom stereocenters. The number of ether oxygens (including phenoxy) is 1. The summed E-state index contributed by atoms with van der Waals surface area (Å²) in [5, 5.41) is 3.46. The van der Waals surface area contributed by atoms with Crippen molar-refractivity contribution in [3.8, 4) is 0 Å². The number of nitrogens with one attached hydrogen (secondary N) is 1. The van der Waals surface area contributed by atoms with Crippen LogP contribution >= 0.6 is 0 Å². The molecule has 1 aromatic rings. The summed E-state index contributed by atoms with van der Waals surface area (Å²) in [6.45, 7) is 4.65. The largest absolute Gasteiger partial charge is 0.378 e. The summed E-state index contributed by atoms with van der Waals surface area (Å²) in [4.78, 5) is 12.2. The average molecular weight is 290 g/mol. The van der Waals surface area contributed by atoms with E-state index in [-0.39, 0.29) is 12.0 Å². The van der Waals surface area contributed by atoms with Crippen LogP contribution in [-0.4, -0.2) is 24.7 Å². The van der Waals surface area contributed by atoms with E-state index in [1.807, 2.05) is 37.3 Å². The molecule has 116 valence electrons. The molecule has 0 saturated heterocycles. The van der Waals surface area contributed by atoms with E-state index in [0.29, 0.717) is 19.1 Å². The van der Waals surface area contributed by atoms with E-state index in [0.717, 1.165) is 24.8 Å². The molecule has 0 aliphatic heterocycles. The standard InChI is InChI=1S/C17H26N2O2/c1-3-13(2)21-12-11-17(16(18)20,19-15-9-10-15)14-7-5-4-6-8-14/h4-8,13,15,19H,3,9-12H2,1-2H3,(H2,18,20). The van der Waals surface area contributed by atoms with E-state index in [1.165, 1.54) is 0 Å². The summed E-state index contributed by atoms with van der Waals surface area (Å²) < 4.78 is 5.77. The zero-order valence-electron chi connectivity index (χ0n) is 13.0. The van der Waals surface area contributed by atoms with E-state index in [1.54, 1.807) is 0 Å². The lowest BCUT2D eigenvalue weighted by molar-refractivity contribution is -0.126. The molecule has 2 unspecified atom stereocenters. The average Bonchev–Trinajstić information content (AvgIpc) is 3.30. The highest BCUT2D eigenvalue weighted by atomic mass is 16.5. The quantitative estimate of drug-likeness (QED) is 0.733. The number of carbonyl (C=O) groups excluding carboxylic acids is 1. The number of hydrogen-bond donors (Lipinski definition) is 2. The third kappa shape index (κ3) is 4.05. The van der Waals surface area contributed by atoms with Crippen molar-refractivity contribution in [2.45, 2.75) is 57.2 Å². The lowest BCUT2D eigenvalue weighted by Crippen LogP contribution is -2.54. The minimum absolute atomic E-state index is 0.201. The van der Waals surface area contributed by atoms with Gasteiger partial charge in [0.2, 0.25) is 5.91 Å².